The van der Waals surface area contributed by atoms with Crippen LogP contribution in [0.2, 0.25) is 0 Å². The van der Waals surface area contributed by atoms with E-state index in [4.69, 9.17) is 0 Å². The number of carbonyl (C=O) groups is 1. The molecule has 26 heavy (non-hydrogen) atoms. The number of nitrogens with one attached hydrogen (secondary N) is 2. The molecular weight excluding hydrogens is 368 g/mol. The molecule has 136 valence electrons. The van der Waals surface area contributed by atoms with E-state index >= 15 is 0 Å². The first-order chi connectivity index (χ1) is 12.4. The minimum Gasteiger partial charge on any atom is -0.310 e. The Bertz CT molecular complexity index is 1070. The van der Waals surface area contributed by atoms with Crippen LogP contribution >= 0.6 is 0 Å². The number of hydrogen-bond acceptors (Lipinski definition) is 5. The molecule has 1 amide bonds. The summed E-state index contributed by atoms with van der Waals surface area (Å²) in [5.41, 5.74) is 0.543. The molecule has 0 saturated heterocycles. The number of sulfonamides is 1. The van der Waals surface area contributed by atoms with Crippen molar-refractivity contribution in [3.63, 3.8) is 0 Å². The van der Waals surface area contributed by atoms with E-state index in [9.17, 15) is 22.0 Å². The molecule has 11 heteroatoms. The molecule has 8 nitrogen and oxygen atoms in total. The van der Waals surface area contributed by atoms with Gasteiger partial charge in [-0.15, -0.1) is 0 Å². The van der Waals surface area contributed by atoms with Gasteiger partial charge < -0.3 is 5.32 Å². The number of carbonyl (C=O) groups excluding carboxylic acids is 1. The highest BCUT2D eigenvalue weighted by Crippen LogP contribution is 2.13. The standard InChI is InChI=1S/C15H13F2N5O3S/c16-11-2-1-10(9-12(11)17)26(24,25)20-8-5-15(23)21-14-3-6-18-13-4-7-19-22(13)14/h1-4,6-7,9,20H,5,8H2,(H,21,23). The average Bonchev–Trinajstić information content (AvgIpc) is 3.07. The number of amides is 1. The first-order valence-corrected chi connectivity index (χ1v) is 8.88. The largest absolute Gasteiger partial charge is 0.310 e. The van der Waals surface area contributed by atoms with Crippen LogP contribution in [-0.4, -0.2) is 35.5 Å². The number of hydrogen-bond donors (Lipinski definition) is 2. The van der Waals surface area contributed by atoms with Gasteiger partial charge in [-0.3, -0.25) is 4.79 Å². The van der Waals surface area contributed by atoms with Gasteiger partial charge in [0.05, 0.1) is 11.1 Å². The van der Waals surface area contributed by atoms with Crippen LogP contribution in [-0.2, 0) is 14.8 Å². The first kappa shape index (κ1) is 17.9. The lowest BCUT2D eigenvalue weighted by molar-refractivity contribution is -0.116. The number of fused-ring (bicyclic) bond motifs is 1. The quantitative estimate of drug-likeness (QED) is 0.670. The van der Waals surface area contributed by atoms with E-state index in [2.05, 4.69) is 20.1 Å². The Morgan fingerprint density at radius 2 is 1.92 bits per heavy atom. The molecule has 0 radical (unpaired) electrons. The van der Waals surface area contributed by atoms with Gasteiger partial charge in [-0.1, -0.05) is 0 Å². The van der Waals surface area contributed by atoms with Gasteiger partial charge >= 0.3 is 0 Å². The second-order valence-electron chi connectivity index (χ2n) is 5.20. The highest BCUT2D eigenvalue weighted by Gasteiger charge is 2.17. The third kappa shape index (κ3) is 3.83. The predicted molar refractivity (Wildman–Crippen MR) is 87.8 cm³/mol. The van der Waals surface area contributed by atoms with Gasteiger partial charge in [-0.25, -0.2) is 26.9 Å². The van der Waals surface area contributed by atoms with Crippen LogP contribution in [0, 0.1) is 11.6 Å². The van der Waals surface area contributed by atoms with Gasteiger partial charge in [0.25, 0.3) is 0 Å². The molecule has 3 aromatic rings. The Balaban J connectivity index is 1.59. The van der Waals surface area contributed by atoms with Crippen molar-refractivity contribution in [2.45, 2.75) is 11.3 Å². The number of halogens is 2. The molecule has 0 unspecified atom stereocenters. The summed E-state index contributed by atoms with van der Waals surface area (Å²) in [5, 5.41) is 6.60. The number of aromatic nitrogens is 3. The van der Waals surface area contributed by atoms with Crippen molar-refractivity contribution < 1.29 is 22.0 Å². The Morgan fingerprint density at radius 3 is 2.69 bits per heavy atom. The second kappa shape index (κ2) is 7.14. The lowest BCUT2D eigenvalue weighted by Crippen LogP contribution is -2.28. The van der Waals surface area contributed by atoms with Gasteiger partial charge in [-0.2, -0.15) is 9.61 Å². The van der Waals surface area contributed by atoms with E-state index in [1.165, 1.54) is 16.9 Å². The van der Waals surface area contributed by atoms with Crippen LogP contribution in [0.25, 0.3) is 5.65 Å². The predicted octanol–water partition coefficient (Wildman–Crippen LogP) is 1.31. The molecule has 0 bridgehead atoms. The van der Waals surface area contributed by atoms with Crippen molar-refractivity contribution >= 4 is 27.4 Å². The zero-order valence-corrected chi connectivity index (χ0v) is 14.0. The summed E-state index contributed by atoms with van der Waals surface area (Å²) >= 11 is 0. The molecule has 0 saturated carbocycles. The fourth-order valence-corrected chi connectivity index (χ4v) is 3.20. The Labute approximate surface area is 146 Å². The molecule has 2 aromatic heterocycles. The topological polar surface area (TPSA) is 105 Å². The Hall–Kier alpha value is -2.92. The number of benzene rings is 1. The van der Waals surface area contributed by atoms with Gasteiger partial charge in [-0.05, 0) is 24.3 Å². The summed E-state index contributed by atoms with van der Waals surface area (Å²) in [6, 6.07) is 5.43. The van der Waals surface area contributed by atoms with Crippen LogP contribution in [0.15, 0.2) is 47.6 Å². The zero-order valence-electron chi connectivity index (χ0n) is 13.2. The smallest absolute Gasteiger partial charge is 0.240 e. The van der Waals surface area contributed by atoms with E-state index < -0.39 is 32.5 Å². The molecule has 0 atom stereocenters. The van der Waals surface area contributed by atoms with Crippen molar-refractivity contribution in [1.82, 2.24) is 19.3 Å². The van der Waals surface area contributed by atoms with E-state index in [0.717, 1.165) is 12.1 Å². The van der Waals surface area contributed by atoms with Gasteiger partial charge in [0.1, 0.15) is 5.82 Å². The maximum Gasteiger partial charge on any atom is 0.240 e. The van der Waals surface area contributed by atoms with Crippen molar-refractivity contribution in [2.24, 2.45) is 0 Å². The molecule has 3 rings (SSSR count). The summed E-state index contributed by atoms with van der Waals surface area (Å²) in [6.45, 7) is -0.222. The molecule has 2 heterocycles. The Kier molecular flexibility index (Phi) is 4.91. The van der Waals surface area contributed by atoms with E-state index in [-0.39, 0.29) is 13.0 Å². The van der Waals surface area contributed by atoms with Crippen molar-refractivity contribution in [1.29, 1.82) is 0 Å². The van der Waals surface area contributed by atoms with E-state index in [0.29, 0.717) is 17.5 Å². The summed E-state index contributed by atoms with van der Waals surface area (Å²) in [7, 11) is -4.06. The van der Waals surface area contributed by atoms with Gasteiger partial charge in [0, 0.05) is 25.2 Å². The van der Waals surface area contributed by atoms with Crippen molar-refractivity contribution in [3.05, 3.63) is 54.4 Å². The minimum atomic E-state index is -4.06. The molecule has 0 aliphatic carbocycles. The molecule has 0 aliphatic rings. The molecule has 2 N–H and O–H groups in total. The maximum absolute atomic E-state index is 13.2. The van der Waals surface area contributed by atoms with Crippen molar-refractivity contribution in [2.75, 3.05) is 11.9 Å². The fraction of sp³-hybridized carbons (Fsp3) is 0.133. The molecular formula is C15H13F2N5O3S. The summed E-state index contributed by atoms with van der Waals surface area (Å²) in [4.78, 5) is 15.6. The van der Waals surface area contributed by atoms with Crippen LogP contribution in [0.4, 0.5) is 14.6 Å². The first-order valence-electron chi connectivity index (χ1n) is 7.40. The molecule has 0 aliphatic heterocycles. The Morgan fingerprint density at radius 1 is 1.12 bits per heavy atom. The van der Waals surface area contributed by atoms with E-state index in [1.807, 2.05) is 0 Å². The summed E-state index contributed by atoms with van der Waals surface area (Å²) in [6.07, 6.45) is 2.85. The summed E-state index contributed by atoms with van der Waals surface area (Å²) < 4.78 is 53.7. The van der Waals surface area contributed by atoms with Crippen LogP contribution in [0.1, 0.15) is 6.42 Å². The fourth-order valence-electron chi connectivity index (χ4n) is 2.16. The average molecular weight is 381 g/mol. The lowest BCUT2D eigenvalue weighted by atomic mass is 10.3. The third-order valence-corrected chi connectivity index (χ3v) is 4.86. The minimum absolute atomic E-state index is 0.173. The highest BCUT2D eigenvalue weighted by atomic mass is 32.2. The lowest BCUT2D eigenvalue weighted by Gasteiger charge is -2.08. The zero-order chi connectivity index (χ0) is 18.7. The van der Waals surface area contributed by atoms with Gasteiger partial charge in [0.2, 0.25) is 15.9 Å². The summed E-state index contributed by atoms with van der Waals surface area (Å²) in [5.74, 6) is -2.49. The number of nitrogens with zero attached hydrogens (tertiary/aromatic N) is 3. The van der Waals surface area contributed by atoms with Crippen molar-refractivity contribution in [3.8, 4) is 0 Å². The van der Waals surface area contributed by atoms with Gasteiger partial charge in [0.15, 0.2) is 17.3 Å². The highest BCUT2D eigenvalue weighted by molar-refractivity contribution is 7.89. The normalized spacial score (nSPS) is 11.6. The monoisotopic (exact) mass is 381 g/mol. The second-order valence-corrected chi connectivity index (χ2v) is 6.97. The molecule has 0 fully saturated rings. The molecule has 0 spiro atoms. The number of anilines is 1. The SMILES string of the molecule is O=C(CCNS(=O)(=O)c1ccc(F)c(F)c1)Nc1ccnc2ccnn12. The molecule has 1 aromatic carbocycles. The van der Waals surface area contributed by atoms with Crippen LogP contribution in [0.3, 0.4) is 0 Å². The maximum atomic E-state index is 13.2. The van der Waals surface area contributed by atoms with Crippen LogP contribution in [0.5, 0.6) is 0 Å². The van der Waals surface area contributed by atoms with Crippen LogP contribution < -0.4 is 10.0 Å². The third-order valence-electron chi connectivity index (χ3n) is 3.40. The van der Waals surface area contributed by atoms with E-state index in [1.54, 1.807) is 12.1 Å². The number of rotatable bonds is 6.